The standard InChI is InChI=1S/C17H21N3/c1-13(20-17(2,3)12-18)14-7-9-15(10-8-14)16-6-4-5-11-19-16/h4-11,20H,1,12,18H2,2-3H3. The summed E-state index contributed by atoms with van der Waals surface area (Å²) in [5, 5.41) is 3.35. The minimum Gasteiger partial charge on any atom is -0.379 e. The highest BCUT2D eigenvalue weighted by Crippen LogP contribution is 2.20. The highest BCUT2D eigenvalue weighted by molar-refractivity contribution is 5.67. The number of nitrogens with two attached hydrogens (primary N) is 1. The smallest absolute Gasteiger partial charge is 0.0701 e. The Morgan fingerprint density at radius 2 is 1.90 bits per heavy atom. The van der Waals surface area contributed by atoms with Crippen molar-refractivity contribution in [2.45, 2.75) is 19.4 Å². The van der Waals surface area contributed by atoms with Crippen LogP contribution in [-0.2, 0) is 0 Å². The first-order valence-electron chi connectivity index (χ1n) is 6.71. The van der Waals surface area contributed by atoms with Crippen LogP contribution in [0.2, 0.25) is 0 Å². The summed E-state index contributed by atoms with van der Waals surface area (Å²) in [5.74, 6) is 0. The van der Waals surface area contributed by atoms with Crippen LogP contribution in [0.15, 0.2) is 55.2 Å². The highest BCUT2D eigenvalue weighted by Gasteiger charge is 2.15. The Morgan fingerprint density at radius 1 is 1.20 bits per heavy atom. The lowest BCUT2D eigenvalue weighted by Gasteiger charge is -2.27. The molecule has 0 amide bonds. The summed E-state index contributed by atoms with van der Waals surface area (Å²) in [5.41, 5.74) is 9.58. The third-order valence-electron chi connectivity index (χ3n) is 3.19. The molecule has 0 aliphatic carbocycles. The first-order chi connectivity index (χ1) is 9.52. The molecular weight excluding hydrogens is 246 g/mol. The van der Waals surface area contributed by atoms with E-state index in [1.807, 2.05) is 30.3 Å². The predicted octanol–water partition coefficient (Wildman–Crippen LogP) is 3.05. The second-order valence-corrected chi connectivity index (χ2v) is 5.48. The van der Waals surface area contributed by atoms with Crippen LogP contribution in [0.4, 0.5) is 0 Å². The molecule has 0 atom stereocenters. The quantitative estimate of drug-likeness (QED) is 0.875. The van der Waals surface area contributed by atoms with Crippen LogP contribution < -0.4 is 11.1 Å². The van der Waals surface area contributed by atoms with E-state index in [2.05, 4.69) is 42.9 Å². The van der Waals surface area contributed by atoms with Gasteiger partial charge in [-0.2, -0.15) is 0 Å². The van der Waals surface area contributed by atoms with E-state index in [0.717, 1.165) is 22.5 Å². The van der Waals surface area contributed by atoms with Gasteiger partial charge in [-0.15, -0.1) is 0 Å². The molecular formula is C17H21N3. The number of nitrogens with one attached hydrogen (secondary N) is 1. The van der Waals surface area contributed by atoms with Gasteiger partial charge in [-0.05, 0) is 31.5 Å². The molecule has 1 heterocycles. The van der Waals surface area contributed by atoms with Gasteiger partial charge in [0.2, 0.25) is 0 Å². The zero-order valence-corrected chi connectivity index (χ0v) is 12.1. The van der Waals surface area contributed by atoms with E-state index in [-0.39, 0.29) is 5.54 Å². The monoisotopic (exact) mass is 267 g/mol. The molecule has 0 aliphatic heterocycles. The Morgan fingerprint density at radius 3 is 2.45 bits per heavy atom. The third kappa shape index (κ3) is 3.45. The summed E-state index contributed by atoms with van der Waals surface area (Å²) in [4.78, 5) is 4.34. The number of pyridine rings is 1. The second-order valence-electron chi connectivity index (χ2n) is 5.48. The van der Waals surface area contributed by atoms with E-state index >= 15 is 0 Å². The number of nitrogens with zero attached hydrogens (tertiary/aromatic N) is 1. The van der Waals surface area contributed by atoms with Crippen molar-refractivity contribution < 1.29 is 0 Å². The molecule has 0 fully saturated rings. The number of aromatic nitrogens is 1. The van der Waals surface area contributed by atoms with Gasteiger partial charge in [0.25, 0.3) is 0 Å². The summed E-state index contributed by atoms with van der Waals surface area (Å²) in [6, 6.07) is 14.1. The van der Waals surface area contributed by atoms with Gasteiger partial charge in [0.05, 0.1) is 5.69 Å². The predicted molar refractivity (Wildman–Crippen MR) is 85.0 cm³/mol. The van der Waals surface area contributed by atoms with Gasteiger partial charge in [0.15, 0.2) is 0 Å². The van der Waals surface area contributed by atoms with Crippen molar-refractivity contribution in [3.8, 4) is 11.3 Å². The maximum absolute atomic E-state index is 5.72. The van der Waals surface area contributed by atoms with Gasteiger partial charge in [0.1, 0.15) is 0 Å². The van der Waals surface area contributed by atoms with E-state index in [1.54, 1.807) is 6.20 Å². The van der Waals surface area contributed by atoms with Crippen molar-refractivity contribution in [3.63, 3.8) is 0 Å². The summed E-state index contributed by atoms with van der Waals surface area (Å²) in [7, 11) is 0. The maximum Gasteiger partial charge on any atom is 0.0701 e. The lowest BCUT2D eigenvalue weighted by atomic mass is 10.0. The third-order valence-corrected chi connectivity index (χ3v) is 3.19. The normalized spacial score (nSPS) is 11.2. The van der Waals surface area contributed by atoms with Crippen LogP contribution in [0.25, 0.3) is 17.0 Å². The van der Waals surface area contributed by atoms with E-state index in [9.17, 15) is 0 Å². The van der Waals surface area contributed by atoms with Crippen LogP contribution >= 0.6 is 0 Å². The average molecular weight is 267 g/mol. The Balaban J connectivity index is 2.15. The SMILES string of the molecule is C=C(NC(C)(C)CN)c1ccc(-c2ccccn2)cc1. The topological polar surface area (TPSA) is 50.9 Å². The fraction of sp³-hybridized carbons (Fsp3) is 0.235. The molecule has 0 bridgehead atoms. The van der Waals surface area contributed by atoms with Crippen molar-refractivity contribution in [3.05, 3.63) is 60.8 Å². The van der Waals surface area contributed by atoms with E-state index in [0.29, 0.717) is 6.54 Å². The van der Waals surface area contributed by atoms with Crippen molar-refractivity contribution >= 4 is 5.70 Å². The zero-order chi connectivity index (χ0) is 14.6. The van der Waals surface area contributed by atoms with Crippen LogP contribution in [0, 0.1) is 0 Å². The molecule has 1 aromatic carbocycles. The highest BCUT2D eigenvalue weighted by atomic mass is 15.0. The summed E-state index contributed by atoms with van der Waals surface area (Å²) >= 11 is 0. The molecule has 0 radical (unpaired) electrons. The lowest BCUT2D eigenvalue weighted by Crippen LogP contribution is -2.44. The molecule has 2 aromatic rings. The number of hydrogen-bond donors (Lipinski definition) is 2. The molecule has 0 unspecified atom stereocenters. The van der Waals surface area contributed by atoms with Crippen LogP contribution in [0.1, 0.15) is 19.4 Å². The van der Waals surface area contributed by atoms with E-state index in [4.69, 9.17) is 5.73 Å². The Bertz CT molecular complexity index is 571. The second kappa shape index (κ2) is 5.88. The van der Waals surface area contributed by atoms with Crippen molar-refractivity contribution in [2.75, 3.05) is 6.54 Å². The van der Waals surface area contributed by atoms with Crippen molar-refractivity contribution in [1.29, 1.82) is 0 Å². The molecule has 20 heavy (non-hydrogen) atoms. The largest absolute Gasteiger partial charge is 0.379 e. The zero-order valence-electron chi connectivity index (χ0n) is 12.1. The molecule has 3 N–H and O–H groups in total. The van der Waals surface area contributed by atoms with Crippen LogP contribution in [-0.4, -0.2) is 17.1 Å². The number of rotatable bonds is 5. The average Bonchev–Trinajstić information content (AvgIpc) is 2.48. The summed E-state index contributed by atoms with van der Waals surface area (Å²) in [6.07, 6.45) is 1.80. The summed E-state index contributed by atoms with van der Waals surface area (Å²) < 4.78 is 0. The Hall–Kier alpha value is -2.13. The molecule has 0 aliphatic rings. The van der Waals surface area contributed by atoms with Crippen LogP contribution in [0.3, 0.4) is 0 Å². The Labute approximate surface area is 120 Å². The maximum atomic E-state index is 5.72. The van der Waals surface area contributed by atoms with Gasteiger partial charge >= 0.3 is 0 Å². The number of benzene rings is 1. The molecule has 3 heteroatoms. The number of hydrogen-bond acceptors (Lipinski definition) is 3. The van der Waals surface area contributed by atoms with Gasteiger partial charge < -0.3 is 11.1 Å². The molecule has 0 saturated heterocycles. The molecule has 104 valence electrons. The Kier molecular flexibility index (Phi) is 4.20. The van der Waals surface area contributed by atoms with Gasteiger partial charge in [0, 0.05) is 29.5 Å². The van der Waals surface area contributed by atoms with E-state index < -0.39 is 0 Å². The molecule has 1 aromatic heterocycles. The van der Waals surface area contributed by atoms with Gasteiger partial charge in [-0.25, -0.2) is 0 Å². The van der Waals surface area contributed by atoms with Crippen molar-refractivity contribution in [1.82, 2.24) is 10.3 Å². The van der Waals surface area contributed by atoms with Crippen LogP contribution in [0.5, 0.6) is 0 Å². The van der Waals surface area contributed by atoms with Gasteiger partial charge in [-0.1, -0.05) is 36.9 Å². The molecule has 2 rings (SSSR count). The molecule has 0 saturated carbocycles. The minimum absolute atomic E-state index is 0.156. The van der Waals surface area contributed by atoms with Gasteiger partial charge in [-0.3, -0.25) is 4.98 Å². The lowest BCUT2D eigenvalue weighted by molar-refractivity contribution is 0.464. The van der Waals surface area contributed by atoms with Crippen molar-refractivity contribution in [2.24, 2.45) is 5.73 Å². The fourth-order valence-electron chi connectivity index (χ4n) is 1.91. The first-order valence-corrected chi connectivity index (χ1v) is 6.71. The molecule has 0 spiro atoms. The molecule has 3 nitrogen and oxygen atoms in total. The van der Waals surface area contributed by atoms with E-state index in [1.165, 1.54) is 0 Å². The summed E-state index contributed by atoms with van der Waals surface area (Å²) in [6.45, 7) is 8.74. The minimum atomic E-state index is -0.156. The fourth-order valence-corrected chi connectivity index (χ4v) is 1.91. The first kappa shape index (κ1) is 14.3.